The molecule has 0 saturated heterocycles. The third kappa shape index (κ3) is 3.34. The number of benzene rings is 1. The molecular formula is C15H14N4O2. The zero-order valence-electron chi connectivity index (χ0n) is 11.8. The molecule has 1 heterocycles. The van der Waals surface area contributed by atoms with E-state index in [4.69, 9.17) is 10.00 Å². The number of anilines is 1. The van der Waals surface area contributed by atoms with Gasteiger partial charge in [-0.3, -0.25) is 9.69 Å². The van der Waals surface area contributed by atoms with Crippen LogP contribution < -0.4 is 9.64 Å². The molecule has 106 valence electrons. The second-order valence-electron chi connectivity index (χ2n) is 4.32. The molecule has 0 aliphatic carbocycles. The van der Waals surface area contributed by atoms with Crippen molar-refractivity contribution in [2.45, 2.75) is 6.42 Å². The molecule has 1 aromatic heterocycles. The molecule has 0 bridgehead atoms. The molecule has 0 radical (unpaired) electrons. The number of amides is 1. The third-order valence-electron chi connectivity index (χ3n) is 2.91. The lowest BCUT2D eigenvalue weighted by atomic mass is 10.1. The van der Waals surface area contributed by atoms with Gasteiger partial charge in [0, 0.05) is 12.6 Å². The Morgan fingerprint density at radius 1 is 1.38 bits per heavy atom. The van der Waals surface area contributed by atoms with Crippen molar-refractivity contribution in [3.8, 4) is 11.8 Å². The molecule has 2 aromatic rings. The molecule has 0 atom stereocenters. The molecule has 1 aromatic carbocycles. The normalized spacial score (nSPS) is 9.76. The number of methoxy groups -OCH3 is 1. The van der Waals surface area contributed by atoms with Crippen LogP contribution in [0, 0.1) is 11.3 Å². The lowest BCUT2D eigenvalue weighted by Crippen LogP contribution is -2.28. The number of hydrogen-bond donors (Lipinski definition) is 0. The Morgan fingerprint density at radius 3 is 2.71 bits per heavy atom. The van der Waals surface area contributed by atoms with Crippen LogP contribution in [0.25, 0.3) is 0 Å². The summed E-state index contributed by atoms with van der Waals surface area (Å²) in [6.07, 6.45) is 3.26. The second-order valence-corrected chi connectivity index (χ2v) is 4.32. The molecule has 0 spiro atoms. The molecule has 1 amide bonds. The van der Waals surface area contributed by atoms with E-state index in [-0.39, 0.29) is 18.3 Å². The van der Waals surface area contributed by atoms with Gasteiger partial charge in [0.25, 0.3) is 5.91 Å². The minimum atomic E-state index is -0.236. The van der Waals surface area contributed by atoms with Gasteiger partial charge in [-0.25, -0.2) is 9.97 Å². The molecule has 0 saturated carbocycles. The second kappa shape index (κ2) is 6.48. The van der Waals surface area contributed by atoms with Crippen molar-refractivity contribution in [3.63, 3.8) is 0 Å². The topological polar surface area (TPSA) is 79.1 Å². The average molecular weight is 282 g/mol. The summed E-state index contributed by atoms with van der Waals surface area (Å²) in [5.41, 5.74) is 1.29. The fourth-order valence-corrected chi connectivity index (χ4v) is 1.78. The smallest absolute Gasteiger partial charge is 0.260 e. The van der Waals surface area contributed by atoms with E-state index in [9.17, 15) is 4.79 Å². The summed E-state index contributed by atoms with van der Waals surface area (Å²) in [4.78, 5) is 21.9. The summed E-state index contributed by atoms with van der Waals surface area (Å²) in [7, 11) is 3.12. The van der Waals surface area contributed by atoms with E-state index in [1.807, 2.05) is 6.07 Å². The minimum absolute atomic E-state index is 0.236. The highest BCUT2D eigenvalue weighted by Gasteiger charge is 2.16. The summed E-state index contributed by atoms with van der Waals surface area (Å²) in [5.74, 6) is 0.571. The Bertz CT molecular complexity index is 677. The van der Waals surface area contributed by atoms with Crippen LogP contribution in [0.3, 0.4) is 0 Å². The summed E-state index contributed by atoms with van der Waals surface area (Å²) in [6, 6.07) is 9.02. The highest BCUT2D eigenvalue weighted by molar-refractivity contribution is 6.04. The Hall–Kier alpha value is -2.94. The molecular weight excluding hydrogens is 268 g/mol. The maximum absolute atomic E-state index is 12.4. The molecule has 0 aliphatic rings. The first-order chi connectivity index (χ1) is 10.2. The molecule has 0 fully saturated rings. The van der Waals surface area contributed by atoms with Crippen molar-refractivity contribution in [3.05, 3.63) is 47.8 Å². The molecule has 6 nitrogen and oxygen atoms in total. The highest BCUT2D eigenvalue weighted by atomic mass is 16.5. The van der Waals surface area contributed by atoms with Gasteiger partial charge in [-0.05, 0) is 17.7 Å². The fraction of sp³-hybridized carbons (Fsp3) is 0.200. The van der Waals surface area contributed by atoms with Crippen molar-refractivity contribution in [2.24, 2.45) is 0 Å². The zero-order chi connectivity index (χ0) is 15.2. The zero-order valence-corrected chi connectivity index (χ0v) is 11.8. The number of rotatable bonds is 4. The maximum atomic E-state index is 12.4. The van der Waals surface area contributed by atoms with Crippen LogP contribution in [0.5, 0.6) is 5.75 Å². The van der Waals surface area contributed by atoms with E-state index in [0.29, 0.717) is 11.3 Å². The number of nitrogens with zero attached hydrogens (tertiary/aromatic N) is 4. The van der Waals surface area contributed by atoms with E-state index in [0.717, 1.165) is 5.56 Å². The maximum Gasteiger partial charge on any atom is 0.260 e. The van der Waals surface area contributed by atoms with Gasteiger partial charge >= 0.3 is 0 Å². The van der Waals surface area contributed by atoms with Gasteiger partial charge in [-0.2, -0.15) is 5.26 Å². The molecule has 6 heteroatoms. The molecule has 21 heavy (non-hydrogen) atoms. The van der Waals surface area contributed by atoms with E-state index in [2.05, 4.69) is 16.0 Å². The Kier molecular flexibility index (Phi) is 4.46. The van der Waals surface area contributed by atoms with Gasteiger partial charge in [0.15, 0.2) is 5.75 Å². The molecule has 0 N–H and O–H groups in total. The van der Waals surface area contributed by atoms with Gasteiger partial charge in [0.05, 0.1) is 32.0 Å². The van der Waals surface area contributed by atoms with Crippen LogP contribution in [-0.2, 0) is 6.42 Å². The van der Waals surface area contributed by atoms with E-state index in [1.165, 1.54) is 24.4 Å². The molecule has 0 aliphatic heterocycles. The van der Waals surface area contributed by atoms with Crippen molar-refractivity contribution in [1.82, 2.24) is 9.97 Å². The Balaban J connectivity index is 2.22. The summed E-state index contributed by atoms with van der Waals surface area (Å²) in [6.45, 7) is 0. The minimum Gasteiger partial charge on any atom is -0.494 e. The Morgan fingerprint density at radius 2 is 2.10 bits per heavy atom. The lowest BCUT2D eigenvalue weighted by molar-refractivity contribution is 0.0991. The largest absolute Gasteiger partial charge is 0.494 e. The first kappa shape index (κ1) is 14.5. The van der Waals surface area contributed by atoms with Gasteiger partial charge < -0.3 is 4.74 Å². The SMILES string of the molecule is COc1cnc(N(C)C(=O)c2cccc(CC#N)c2)nc1. The van der Waals surface area contributed by atoms with Gasteiger partial charge in [0.2, 0.25) is 5.95 Å². The van der Waals surface area contributed by atoms with Crippen LogP contribution in [0.4, 0.5) is 5.95 Å². The lowest BCUT2D eigenvalue weighted by Gasteiger charge is -2.15. The van der Waals surface area contributed by atoms with E-state index >= 15 is 0 Å². The molecule has 2 rings (SSSR count). The van der Waals surface area contributed by atoms with Crippen molar-refractivity contribution < 1.29 is 9.53 Å². The van der Waals surface area contributed by atoms with E-state index in [1.54, 1.807) is 25.2 Å². The quantitative estimate of drug-likeness (QED) is 0.854. The monoisotopic (exact) mass is 282 g/mol. The Labute approximate surface area is 122 Å². The first-order valence-corrected chi connectivity index (χ1v) is 6.25. The average Bonchev–Trinajstić information content (AvgIpc) is 2.54. The van der Waals surface area contributed by atoms with Gasteiger partial charge in [-0.1, -0.05) is 12.1 Å². The number of hydrogen-bond acceptors (Lipinski definition) is 5. The van der Waals surface area contributed by atoms with Crippen molar-refractivity contribution in [2.75, 3.05) is 19.1 Å². The number of aromatic nitrogens is 2. The van der Waals surface area contributed by atoms with E-state index < -0.39 is 0 Å². The number of ether oxygens (including phenoxy) is 1. The van der Waals surface area contributed by atoms with Crippen LogP contribution >= 0.6 is 0 Å². The predicted molar refractivity (Wildman–Crippen MR) is 77.1 cm³/mol. The van der Waals surface area contributed by atoms with Crippen molar-refractivity contribution in [1.29, 1.82) is 5.26 Å². The van der Waals surface area contributed by atoms with Crippen LogP contribution in [-0.4, -0.2) is 30.0 Å². The van der Waals surface area contributed by atoms with Crippen molar-refractivity contribution >= 4 is 11.9 Å². The number of nitriles is 1. The number of carbonyl (C=O) groups is 1. The first-order valence-electron chi connectivity index (χ1n) is 6.25. The summed E-state index contributed by atoms with van der Waals surface area (Å²) >= 11 is 0. The summed E-state index contributed by atoms with van der Waals surface area (Å²) in [5, 5.41) is 8.71. The van der Waals surface area contributed by atoms with Gasteiger partial charge in [0.1, 0.15) is 0 Å². The highest BCUT2D eigenvalue weighted by Crippen LogP contribution is 2.14. The third-order valence-corrected chi connectivity index (χ3v) is 2.91. The predicted octanol–water partition coefficient (Wildman–Crippen LogP) is 1.83. The van der Waals surface area contributed by atoms with Crippen LogP contribution in [0.2, 0.25) is 0 Å². The summed E-state index contributed by atoms with van der Waals surface area (Å²) < 4.78 is 4.98. The number of carbonyl (C=O) groups excluding carboxylic acids is 1. The standard InChI is InChI=1S/C15H14N4O2/c1-19(15-17-9-13(21-2)10-18-15)14(20)12-5-3-4-11(8-12)6-7-16/h3-5,8-10H,6H2,1-2H3. The molecule has 0 unspecified atom stereocenters. The van der Waals surface area contributed by atoms with Crippen LogP contribution in [0.15, 0.2) is 36.7 Å². The van der Waals surface area contributed by atoms with Gasteiger partial charge in [-0.15, -0.1) is 0 Å². The van der Waals surface area contributed by atoms with Crippen LogP contribution in [0.1, 0.15) is 15.9 Å². The fourth-order valence-electron chi connectivity index (χ4n) is 1.78.